The van der Waals surface area contributed by atoms with E-state index in [0.29, 0.717) is 18.0 Å². The van der Waals surface area contributed by atoms with Crippen molar-refractivity contribution in [2.75, 3.05) is 18.0 Å². The molecule has 0 aliphatic carbocycles. The smallest absolute Gasteiger partial charge is 0.0438 e. The van der Waals surface area contributed by atoms with Crippen molar-refractivity contribution in [1.82, 2.24) is 5.32 Å². The molecule has 0 radical (unpaired) electrons. The standard InChI is InChI=1S/C18H29BrN2/c1-12(2)16-10-20-17(18(4,5)6)11-21(16)15-9-7-8-14(19)13(15)3/h7-9,12,16-17,20H,10-11H2,1-6H3. The first-order chi connectivity index (χ1) is 9.71. The van der Waals surface area contributed by atoms with E-state index < -0.39 is 0 Å². The van der Waals surface area contributed by atoms with Crippen molar-refractivity contribution in [3.05, 3.63) is 28.2 Å². The quantitative estimate of drug-likeness (QED) is 0.836. The predicted molar refractivity (Wildman–Crippen MR) is 96.1 cm³/mol. The van der Waals surface area contributed by atoms with Crippen LogP contribution in [-0.4, -0.2) is 25.2 Å². The molecule has 1 fully saturated rings. The summed E-state index contributed by atoms with van der Waals surface area (Å²) in [4.78, 5) is 2.62. The number of benzene rings is 1. The van der Waals surface area contributed by atoms with Gasteiger partial charge in [-0.25, -0.2) is 0 Å². The summed E-state index contributed by atoms with van der Waals surface area (Å²) in [6, 6.07) is 7.62. The molecule has 2 atom stereocenters. The van der Waals surface area contributed by atoms with Crippen molar-refractivity contribution in [1.29, 1.82) is 0 Å². The molecule has 0 saturated carbocycles. The zero-order chi connectivity index (χ0) is 15.8. The molecular weight excluding hydrogens is 324 g/mol. The molecule has 1 aromatic carbocycles. The Morgan fingerprint density at radius 1 is 1.29 bits per heavy atom. The molecule has 1 aliphatic rings. The van der Waals surface area contributed by atoms with Gasteiger partial charge in [0.05, 0.1) is 0 Å². The maximum absolute atomic E-state index is 3.77. The van der Waals surface area contributed by atoms with Gasteiger partial charge >= 0.3 is 0 Å². The summed E-state index contributed by atoms with van der Waals surface area (Å²) in [5, 5.41) is 3.77. The lowest BCUT2D eigenvalue weighted by Crippen LogP contribution is -2.62. The first-order valence-corrected chi connectivity index (χ1v) is 8.76. The first kappa shape index (κ1) is 16.8. The van der Waals surface area contributed by atoms with Crippen LogP contribution in [0, 0.1) is 18.3 Å². The largest absolute Gasteiger partial charge is 0.365 e. The molecule has 21 heavy (non-hydrogen) atoms. The van der Waals surface area contributed by atoms with E-state index in [-0.39, 0.29) is 5.41 Å². The van der Waals surface area contributed by atoms with Crippen molar-refractivity contribution in [3.8, 4) is 0 Å². The number of rotatable bonds is 2. The predicted octanol–water partition coefficient (Wildman–Crippen LogP) is 4.61. The average Bonchev–Trinajstić information content (AvgIpc) is 2.40. The monoisotopic (exact) mass is 352 g/mol. The number of halogens is 1. The normalized spacial score (nSPS) is 23.7. The molecule has 0 spiro atoms. The van der Waals surface area contributed by atoms with Crippen molar-refractivity contribution in [2.24, 2.45) is 11.3 Å². The highest BCUT2D eigenvalue weighted by Crippen LogP contribution is 2.33. The third-order valence-electron chi connectivity index (χ3n) is 4.72. The lowest BCUT2D eigenvalue weighted by Gasteiger charge is -2.48. The maximum Gasteiger partial charge on any atom is 0.0438 e. The number of nitrogens with zero attached hydrogens (tertiary/aromatic N) is 1. The van der Waals surface area contributed by atoms with Crippen molar-refractivity contribution in [2.45, 2.75) is 53.6 Å². The van der Waals surface area contributed by atoms with Gasteiger partial charge in [-0.3, -0.25) is 0 Å². The van der Waals surface area contributed by atoms with Crippen molar-refractivity contribution < 1.29 is 0 Å². The van der Waals surface area contributed by atoms with Crippen LogP contribution in [0.5, 0.6) is 0 Å². The molecule has 1 heterocycles. The molecule has 0 bridgehead atoms. The molecule has 1 saturated heterocycles. The Hall–Kier alpha value is -0.540. The molecule has 1 aliphatic heterocycles. The summed E-state index contributed by atoms with van der Waals surface area (Å²) < 4.78 is 1.20. The van der Waals surface area contributed by atoms with Crippen LogP contribution in [0.15, 0.2) is 22.7 Å². The lowest BCUT2D eigenvalue weighted by atomic mass is 9.83. The van der Waals surface area contributed by atoms with Gasteiger partial charge in [0.15, 0.2) is 0 Å². The summed E-state index contributed by atoms with van der Waals surface area (Å²) in [5.74, 6) is 0.636. The Bertz CT molecular complexity index is 490. The number of hydrogen-bond acceptors (Lipinski definition) is 2. The highest BCUT2D eigenvalue weighted by molar-refractivity contribution is 9.10. The van der Waals surface area contributed by atoms with Gasteiger partial charge in [0.25, 0.3) is 0 Å². The Balaban J connectivity index is 2.36. The van der Waals surface area contributed by atoms with Crippen LogP contribution in [0.3, 0.4) is 0 Å². The third-order valence-corrected chi connectivity index (χ3v) is 5.58. The lowest BCUT2D eigenvalue weighted by molar-refractivity contribution is 0.220. The Kier molecular flexibility index (Phi) is 5.04. The zero-order valence-corrected chi connectivity index (χ0v) is 15.8. The van der Waals surface area contributed by atoms with Crippen LogP contribution in [0.25, 0.3) is 0 Å². The van der Waals surface area contributed by atoms with Crippen LogP contribution >= 0.6 is 15.9 Å². The Labute approximate surface area is 138 Å². The Morgan fingerprint density at radius 3 is 2.52 bits per heavy atom. The molecule has 2 nitrogen and oxygen atoms in total. The fourth-order valence-electron chi connectivity index (χ4n) is 3.13. The average molecular weight is 353 g/mol. The summed E-state index contributed by atoms with van der Waals surface area (Å²) in [6.45, 7) is 16.0. The highest BCUT2D eigenvalue weighted by atomic mass is 79.9. The molecule has 2 rings (SSSR count). The van der Waals surface area contributed by atoms with Gasteiger partial charge in [-0.05, 0) is 36.0 Å². The summed E-state index contributed by atoms with van der Waals surface area (Å²) in [7, 11) is 0. The van der Waals surface area contributed by atoms with Gasteiger partial charge in [0.2, 0.25) is 0 Å². The van der Waals surface area contributed by atoms with Crippen molar-refractivity contribution >= 4 is 21.6 Å². The Morgan fingerprint density at radius 2 is 1.95 bits per heavy atom. The molecular formula is C18H29BrN2. The molecule has 1 aromatic rings. The summed E-state index contributed by atoms with van der Waals surface area (Å²) in [6.07, 6.45) is 0. The highest BCUT2D eigenvalue weighted by Gasteiger charge is 2.35. The molecule has 0 aromatic heterocycles. The van der Waals surface area contributed by atoms with Crippen LogP contribution < -0.4 is 10.2 Å². The molecule has 1 N–H and O–H groups in total. The van der Waals surface area contributed by atoms with E-state index in [1.54, 1.807) is 0 Å². The number of nitrogens with one attached hydrogen (secondary N) is 1. The minimum Gasteiger partial charge on any atom is -0.365 e. The van der Waals surface area contributed by atoms with E-state index >= 15 is 0 Å². The van der Waals surface area contributed by atoms with Crippen LogP contribution in [-0.2, 0) is 0 Å². The van der Waals surface area contributed by atoms with Gasteiger partial charge < -0.3 is 10.2 Å². The number of piperazine rings is 1. The van der Waals surface area contributed by atoms with Crippen LogP contribution in [0.4, 0.5) is 5.69 Å². The fraction of sp³-hybridized carbons (Fsp3) is 0.667. The molecule has 2 unspecified atom stereocenters. The van der Waals surface area contributed by atoms with E-state index in [1.807, 2.05) is 0 Å². The number of anilines is 1. The van der Waals surface area contributed by atoms with Crippen molar-refractivity contribution in [3.63, 3.8) is 0 Å². The molecule has 3 heteroatoms. The number of hydrogen-bond donors (Lipinski definition) is 1. The SMILES string of the molecule is Cc1c(Br)cccc1N1CC(C(C)(C)C)NCC1C(C)C. The van der Waals surface area contributed by atoms with Gasteiger partial charge in [0.1, 0.15) is 0 Å². The second kappa shape index (κ2) is 6.29. The first-order valence-electron chi connectivity index (χ1n) is 7.97. The fourth-order valence-corrected chi connectivity index (χ4v) is 3.49. The van der Waals surface area contributed by atoms with Gasteiger partial charge in [-0.1, -0.05) is 56.6 Å². The zero-order valence-electron chi connectivity index (χ0n) is 14.2. The van der Waals surface area contributed by atoms with Crippen LogP contribution in [0.1, 0.15) is 40.2 Å². The maximum atomic E-state index is 3.77. The van der Waals surface area contributed by atoms with E-state index in [9.17, 15) is 0 Å². The van der Waals surface area contributed by atoms with Gasteiger partial charge in [-0.2, -0.15) is 0 Å². The van der Waals surface area contributed by atoms with E-state index in [1.165, 1.54) is 15.7 Å². The second-order valence-corrected chi connectivity index (χ2v) is 8.53. The van der Waals surface area contributed by atoms with Gasteiger partial charge in [0, 0.05) is 35.3 Å². The summed E-state index contributed by atoms with van der Waals surface area (Å²) >= 11 is 3.68. The van der Waals surface area contributed by atoms with E-state index in [0.717, 1.165) is 13.1 Å². The van der Waals surface area contributed by atoms with E-state index in [4.69, 9.17) is 0 Å². The third kappa shape index (κ3) is 3.62. The molecule has 118 valence electrons. The van der Waals surface area contributed by atoms with E-state index in [2.05, 4.69) is 85.9 Å². The van der Waals surface area contributed by atoms with Gasteiger partial charge in [-0.15, -0.1) is 0 Å². The minimum absolute atomic E-state index is 0.278. The minimum atomic E-state index is 0.278. The topological polar surface area (TPSA) is 15.3 Å². The summed E-state index contributed by atoms with van der Waals surface area (Å²) in [5.41, 5.74) is 3.00. The molecule has 0 amide bonds. The van der Waals surface area contributed by atoms with Crippen LogP contribution in [0.2, 0.25) is 0 Å². The second-order valence-electron chi connectivity index (χ2n) is 7.67.